The highest BCUT2D eigenvalue weighted by atomic mass is 32.2. The minimum atomic E-state index is -4.23. The Balaban J connectivity index is 1.88. The summed E-state index contributed by atoms with van der Waals surface area (Å²) < 4.78 is 60.3. The number of piperidine rings is 1. The Labute approximate surface area is 137 Å². The summed E-state index contributed by atoms with van der Waals surface area (Å²) in [4.78, 5) is 13.3. The van der Waals surface area contributed by atoms with Crippen molar-refractivity contribution in [3.8, 4) is 0 Å². The summed E-state index contributed by atoms with van der Waals surface area (Å²) in [5.74, 6) is -1.37. The lowest BCUT2D eigenvalue weighted by Gasteiger charge is -2.32. The third kappa shape index (κ3) is 4.84. The molecule has 24 heavy (non-hydrogen) atoms. The number of nitrogens with two attached hydrogens (primary N) is 1. The van der Waals surface area contributed by atoms with Crippen molar-refractivity contribution in [2.75, 3.05) is 13.1 Å². The van der Waals surface area contributed by atoms with Crippen molar-refractivity contribution in [1.29, 1.82) is 0 Å². The van der Waals surface area contributed by atoms with Crippen molar-refractivity contribution in [2.24, 2.45) is 11.1 Å². The predicted octanol–water partition coefficient (Wildman–Crippen LogP) is 1.82. The van der Waals surface area contributed by atoms with E-state index in [1.165, 1.54) is 23.1 Å². The van der Waals surface area contributed by atoms with Crippen molar-refractivity contribution >= 4 is 16.1 Å². The second-order valence-corrected chi connectivity index (χ2v) is 7.22. The highest BCUT2D eigenvalue weighted by Crippen LogP contribution is 2.34. The zero-order chi connectivity index (χ0) is 18.0. The fourth-order valence-corrected chi connectivity index (χ4v) is 3.12. The number of sulfonamides is 1. The standard InChI is InChI=1S/C14H18F3N3O3S/c15-14(16,17)11-4-6-20(7-5-11)13(21)19-9-10-2-1-3-12(8-10)24(18,22)23/h1-3,8,11H,4-7,9H2,(H,19,21)(H2,18,22,23). The van der Waals surface area contributed by atoms with Crippen LogP contribution in [0.1, 0.15) is 18.4 Å². The Kier molecular flexibility index (Phi) is 5.38. The van der Waals surface area contributed by atoms with E-state index in [1.807, 2.05) is 0 Å². The molecule has 0 aromatic heterocycles. The summed E-state index contributed by atoms with van der Waals surface area (Å²) in [6.07, 6.45) is -4.45. The van der Waals surface area contributed by atoms with Gasteiger partial charge in [0.1, 0.15) is 0 Å². The molecule has 6 nitrogen and oxygen atoms in total. The number of halogens is 3. The molecule has 0 spiro atoms. The Morgan fingerprint density at radius 3 is 2.46 bits per heavy atom. The smallest absolute Gasteiger partial charge is 0.334 e. The van der Waals surface area contributed by atoms with Crippen LogP contribution in [-0.2, 0) is 16.6 Å². The van der Waals surface area contributed by atoms with Crippen LogP contribution >= 0.6 is 0 Å². The number of carbonyl (C=O) groups excluding carboxylic acids is 1. The Morgan fingerprint density at radius 2 is 1.92 bits per heavy atom. The highest BCUT2D eigenvalue weighted by Gasteiger charge is 2.41. The van der Waals surface area contributed by atoms with E-state index in [2.05, 4.69) is 5.32 Å². The Morgan fingerprint density at radius 1 is 1.29 bits per heavy atom. The Hall–Kier alpha value is -1.81. The lowest BCUT2D eigenvalue weighted by molar-refractivity contribution is -0.183. The van der Waals surface area contributed by atoms with E-state index >= 15 is 0 Å². The molecule has 0 aliphatic carbocycles. The third-order valence-electron chi connectivity index (χ3n) is 3.92. The van der Waals surface area contributed by atoms with Crippen LogP contribution in [0.15, 0.2) is 29.2 Å². The zero-order valence-corrected chi connectivity index (χ0v) is 13.5. The van der Waals surface area contributed by atoms with Gasteiger partial charge in [0.25, 0.3) is 0 Å². The van der Waals surface area contributed by atoms with Gasteiger partial charge in [0.05, 0.1) is 10.8 Å². The number of amides is 2. The molecular weight excluding hydrogens is 347 g/mol. The molecule has 0 saturated carbocycles. The molecule has 134 valence electrons. The van der Waals surface area contributed by atoms with Gasteiger partial charge in [-0.15, -0.1) is 0 Å². The maximum Gasteiger partial charge on any atom is 0.391 e. The Bertz CT molecular complexity index is 699. The van der Waals surface area contributed by atoms with Crippen molar-refractivity contribution < 1.29 is 26.4 Å². The van der Waals surface area contributed by atoms with Crippen LogP contribution in [0.3, 0.4) is 0 Å². The van der Waals surface area contributed by atoms with Gasteiger partial charge in [0.2, 0.25) is 10.0 Å². The summed E-state index contributed by atoms with van der Waals surface area (Å²) in [5, 5.41) is 7.60. The lowest BCUT2D eigenvalue weighted by Crippen LogP contribution is -2.46. The maximum atomic E-state index is 12.6. The molecule has 1 aliphatic heterocycles. The van der Waals surface area contributed by atoms with Crippen LogP contribution < -0.4 is 10.5 Å². The number of nitrogens with one attached hydrogen (secondary N) is 1. The average molecular weight is 365 g/mol. The van der Waals surface area contributed by atoms with Crippen molar-refractivity contribution in [1.82, 2.24) is 10.2 Å². The van der Waals surface area contributed by atoms with Gasteiger partial charge in [0.15, 0.2) is 0 Å². The van der Waals surface area contributed by atoms with Crippen molar-refractivity contribution in [3.05, 3.63) is 29.8 Å². The second-order valence-electron chi connectivity index (χ2n) is 5.65. The van der Waals surface area contributed by atoms with Crippen LogP contribution in [0.5, 0.6) is 0 Å². The summed E-state index contributed by atoms with van der Waals surface area (Å²) in [7, 11) is -3.83. The molecule has 0 atom stereocenters. The molecular formula is C14H18F3N3O3S. The van der Waals surface area contributed by atoms with Crippen LogP contribution in [0, 0.1) is 5.92 Å². The third-order valence-corrected chi connectivity index (χ3v) is 4.83. The minimum absolute atomic E-state index is 0.0349. The van der Waals surface area contributed by atoms with Crippen molar-refractivity contribution in [3.63, 3.8) is 0 Å². The van der Waals surface area contributed by atoms with Crippen LogP contribution in [-0.4, -0.2) is 38.6 Å². The number of carbonyl (C=O) groups is 1. The molecule has 2 amide bonds. The van der Waals surface area contributed by atoms with Gasteiger partial charge < -0.3 is 10.2 Å². The first-order valence-electron chi connectivity index (χ1n) is 7.28. The predicted molar refractivity (Wildman–Crippen MR) is 80.4 cm³/mol. The maximum absolute atomic E-state index is 12.6. The fraction of sp³-hybridized carbons (Fsp3) is 0.500. The number of nitrogens with zero attached hydrogens (tertiary/aromatic N) is 1. The summed E-state index contributed by atoms with van der Waals surface area (Å²) >= 11 is 0. The first-order chi connectivity index (χ1) is 11.1. The number of primary sulfonamides is 1. The normalized spacial score (nSPS) is 16.9. The number of rotatable bonds is 3. The molecule has 0 radical (unpaired) electrons. The number of alkyl halides is 3. The monoisotopic (exact) mass is 365 g/mol. The molecule has 1 aromatic rings. The molecule has 1 saturated heterocycles. The summed E-state index contributed by atoms with van der Waals surface area (Å²) in [5.41, 5.74) is 0.528. The second kappa shape index (κ2) is 6.98. The van der Waals surface area contributed by atoms with E-state index in [0.717, 1.165) is 0 Å². The lowest BCUT2D eigenvalue weighted by atomic mass is 9.96. The highest BCUT2D eigenvalue weighted by molar-refractivity contribution is 7.89. The van der Waals surface area contributed by atoms with Gasteiger partial charge in [-0.3, -0.25) is 0 Å². The van der Waals surface area contributed by atoms with Gasteiger partial charge in [-0.25, -0.2) is 18.4 Å². The van der Waals surface area contributed by atoms with Gasteiger partial charge in [0, 0.05) is 19.6 Å². The number of likely N-dealkylation sites (tertiary alicyclic amines) is 1. The van der Waals surface area contributed by atoms with E-state index in [1.54, 1.807) is 6.07 Å². The molecule has 3 N–H and O–H groups in total. The van der Waals surface area contributed by atoms with E-state index < -0.39 is 28.1 Å². The van der Waals surface area contributed by atoms with E-state index in [-0.39, 0.29) is 37.4 Å². The number of hydrogen-bond donors (Lipinski definition) is 2. The van der Waals surface area contributed by atoms with Gasteiger partial charge >= 0.3 is 12.2 Å². The number of hydrogen-bond acceptors (Lipinski definition) is 3. The largest absolute Gasteiger partial charge is 0.391 e. The van der Waals surface area contributed by atoms with Gasteiger partial charge in [-0.05, 0) is 30.5 Å². The zero-order valence-electron chi connectivity index (χ0n) is 12.7. The van der Waals surface area contributed by atoms with E-state index in [0.29, 0.717) is 5.56 Å². The molecule has 1 fully saturated rings. The van der Waals surface area contributed by atoms with Crippen LogP contribution in [0.4, 0.5) is 18.0 Å². The fourth-order valence-electron chi connectivity index (χ4n) is 2.53. The van der Waals surface area contributed by atoms with E-state index in [9.17, 15) is 26.4 Å². The first kappa shape index (κ1) is 18.5. The first-order valence-corrected chi connectivity index (χ1v) is 8.83. The van der Waals surface area contributed by atoms with E-state index in [4.69, 9.17) is 5.14 Å². The topological polar surface area (TPSA) is 92.5 Å². The molecule has 0 bridgehead atoms. The summed E-state index contributed by atoms with van der Waals surface area (Å²) in [6, 6.07) is 5.31. The number of urea groups is 1. The number of benzene rings is 1. The molecule has 2 rings (SSSR count). The van der Waals surface area contributed by atoms with Gasteiger partial charge in [-0.2, -0.15) is 13.2 Å². The molecule has 10 heteroatoms. The molecule has 1 aliphatic rings. The SMILES string of the molecule is NS(=O)(=O)c1cccc(CNC(=O)N2CCC(C(F)(F)F)CC2)c1. The quantitative estimate of drug-likeness (QED) is 0.856. The van der Waals surface area contributed by atoms with Gasteiger partial charge in [-0.1, -0.05) is 12.1 Å². The average Bonchev–Trinajstić information content (AvgIpc) is 2.51. The molecule has 0 unspecified atom stereocenters. The molecule has 1 heterocycles. The minimum Gasteiger partial charge on any atom is -0.334 e. The van der Waals surface area contributed by atoms with Crippen LogP contribution in [0.2, 0.25) is 0 Å². The van der Waals surface area contributed by atoms with Crippen molar-refractivity contribution in [2.45, 2.75) is 30.5 Å². The summed E-state index contributed by atoms with van der Waals surface area (Å²) in [6.45, 7) is 0.127. The van der Waals surface area contributed by atoms with Crippen LogP contribution in [0.25, 0.3) is 0 Å². The molecule has 1 aromatic carbocycles.